The summed E-state index contributed by atoms with van der Waals surface area (Å²) in [7, 11) is 0. The molecular weight excluding hydrogens is 224 g/mol. The van der Waals surface area contributed by atoms with Crippen LogP contribution >= 0.6 is 11.6 Å². The van der Waals surface area contributed by atoms with Gasteiger partial charge in [0.2, 0.25) is 0 Å². The Labute approximate surface area is 99.8 Å². The maximum atomic E-state index is 5.88. The first-order chi connectivity index (χ1) is 7.65. The van der Waals surface area contributed by atoms with Gasteiger partial charge in [0.15, 0.2) is 11.5 Å². The van der Waals surface area contributed by atoms with Gasteiger partial charge in [-0.25, -0.2) is 4.98 Å². The number of fused-ring (bicyclic) bond motifs is 1. The quantitative estimate of drug-likeness (QED) is 0.890. The minimum Gasteiger partial charge on any atom is -0.441 e. The third-order valence-corrected chi connectivity index (χ3v) is 2.52. The van der Waals surface area contributed by atoms with Gasteiger partial charge < -0.3 is 9.73 Å². The number of nitrogens with one attached hydrogen (secondary N) is 1. The van der Waals surface area contributed by atoms with E-state index >= 15 is 0 Å². The lowest BCUT2D eigenvalue weighted by Gasteiger charge is -2.04. The van der Waals surface area contributed by atoms with E-state index in [-0.39, 0.29) is 0 Å². The highest BCUT2D eigenvalue weighted by atomic mass is 35.5. The van der Waals surface area contributed by atoms with E-state index in [9.17, 15) is 0 Å². The second-order valence-electron chi connectivity index (χ2n) is 4.08. The molecule has 0 bridgehead atoms. The van der Waals surface area contributed by atoms with Gasteiger partial charge >= 0.3 is 0 Å². The van der Waals surface area contributed by atoms with Crippen molar-refractivity contribution in [1.29, 1.82) is 0 Å². The van der Waals surface area contributed by atoms with E-state index < -0.39 is 0 Å². The molecule has 2 aromatic rings. The zero-order valence-corrected chi connectivity index (χ0v) is 10.2. The number of hydrogen-bond donors (Lipinski definition) is 1. The highest BCUT2D eigenvalue weighted by Crippen LogP contribution is 2.19. The molecule has 0 radical (unpaired) electrons. The molecule has 0 aliphatic rings. The lowest BCUT2D eigenvalue weighted by molar-refractivity contribution is 0.501. The molecule has 1 aromatic carbocycles. The first-order valence-corrected chi connectivity index (χ1v) is 5.81. The Morgan fingerprint density at radius 2 is 2.25 bits per heavy atom. The van der Waals surface area contributed by atoms with E-state index in [0.717, 1.165) is 30.0 Å². The van der Waals surface area contributed by atoms with Gasteiger partial charge in [-0.2, -0.15) is 0 Å². The molecule has 0 atom stereocenters. The predicted molar refractivity (Wildman–Crippen MR) is 65.9 cm³/mol. The maximum Gasteiger partial charge on any atom is 0.196 e. The zero-order chi connectivity index (χ0) is 11.5. The average Bonchev–Trinajstić information content (AvgIpc) is 2.58. The number of rotatable bonds is 4. The van der Waals surface area contributed by atoms with Crippen LogP contribution in [-0.4, -0.2) is 17.6 Å². The number of benzene rings is 1. The number of nitrogens with zero attached hydrogens (tertiary/aromatic N) is 1. The van der Waals surface area contributed by atoms with Gasteiger partial charge in [-0.3, -0.25) is 0 Å². The summed E-state index contributed by atoms with van der Waals surface area (Å²) >= 11 is 5.88. The van der Waals surface area contributed by atoms with Crippen molar-refractivity contribution >= 4 is 22.7 Å². The van der Waals surface area contributed by atoms with Gasteiger partial charge in [0.1, 0.15) is 5.52 Å². The van der Waals surface area contributed by atoms with E-state index in [1.54, 1.807) is 0 Å². The van der Waals surface area contributed by atoms with Crippen molar-refractivity contribution < 1.29 is 4.42 Å². The van der Waals surface area contributed by atoms with Crippen LogP contribution in [-0.2, 0) is 6.42 Å². The summed E-state index contributed by atoms with van der Waals surface area (Å²) < 4.78 is 5.60. The van der Waals surface area contributed by atoms with Crippen LogP contribution in [0.4, 0.5) is 0 Å². The predicted octanol–water partition coefficient (Wildman–Crippen LogP) is 3.02. The van der Waals surface area contributed by atoms with Crippen LogP contribution in [0.15, 0.2) is 22.6 Å². The molecule has 1 aromatic heterocycles. The second-order valence-corrected chi connectivity index (χ2v) is 4.51. The Balaban J connectivity index is 2.08. The molecule has 0 aliphatic heterocycles. The normalized spacial score (nSPS) is 11.5. The van der Waals surface area contributed by atoms with Gasteiger partial charge in [-0.1, -0.05) is 25.4 Å². The minimum absolute atomic E-state index is 0.485. The number of hydrogen-bond acceptors (Lipinski definition) is 3. The van der Waals surface area contributed by atoms with E-state index in [2.05, 4.69) is 24.1 Å². The topological polar surface area (TPSA) is 38.1 Å². The van der Waals surface area contributed by atoms with Gasteiger partial charge in [0.25, 0.3) is 0 Å². The smallest absolute Gasteiger partial charge is 0.196 e. The highest BCUT2D eigenvalue weighted by molar-refractivity contribution is 6.31. The molecule has 0 spiro atoms. The molecular formula is C12H15ClN2O. The summed E-state index contributed by atoms with van der Waals surface area (Å²) in [6, 6.07) is 5.97. The summed E-state index contributed by atoms with van der Waals surface area (Å²) in [5.41, 5.74) is 1.62. The van der Waals surface area contributed by atoms with Crippen molar-refractivity contribution in [2.75, 3.05) is 6.54 Å². The van der Waals surface area contributed by atoms with Gasteiger partial charge in [-0.05, 0) is 18.2 Å². The molecule has 0 saturated carbocycles. The molecule has 16 heavy (non-hydrogen) atoms. The minimum atomic E-state index is 0.485. The molecule has 0 aliphatic carbocycles. The lowest BCUT2D eigenvalue weighted by Crippen LogP contribution is -2.24. The standard InChI is InChI=1S/C12H15ClN2O/c1-8(2)14-6-5-12-15-10-7-9(13)3-4-11(10)16-12/h3-4,7-8,14H,5-6H2,1-2H3. The number of aromatic nitrogens is 1. The van der Waals surface area contributed by atoms with Crippen LogP contribution in [0.2, 0.25) is 5.02 Å². The van der Waals surface area contributed by atoms with Crippen molar-refractivity contribution in [3.8, 4) is 0 Å². The summed E-state index contributed by atoms with van der Waals surface area (Å²) in [5, 5.41) is 4.01. The Morgan fingerprint density at radius 3 is 3.00 bits per heavy atom. The highest BCUT2D eigenvalue weighted by Gasteiger charge is 2.05. The van der Waals surface area contributed by atoms with Crippen molar-refractivity contribution in [1.82, 2.24) is 10.3 Å². The van der Waals surface area contributed by atoms with Gasteiger partial charge in [0, 0.05) is 24.0 Å². The summed E-state index contributed by atoms with van der Waals surface area (Å²) in [5.74, 6) is 0.755. The van der Waals surface area contributed by atoms with Gasteiger partial charge in [-0.15, -0.1) is 0 Å². The van der Waals surface area contributed by atoms with Crippen molar-refractivity contribution in [2.45, 2.75) is 26.3 Å². The Hall–Kier alpha value is -1.06. The van der Waals surface area contributed by atoms with Crippen LogP contribution in [0.1, 0.15) is 19.7 Å². The molecule has 86 valence electrons. The van der Waals surface area contributed by atoms with Crippen LogP contribution < -0.4 is 5.32 Å². The fourth-order valence-electron chi connectivity index (χ4n) is 1.52. The number of oxazole rings is 1. The fraction of sp³-hybridized carbons (Fsp3) is 0.417. The first-order valence-electron chi connectivity index (χ1n) is 5.43. The van der Waals surface area contributed by atoms with Crippen molar-refractivity contribution in [3.05, 3.63) is 29.1 Å². The largest absolute Gasteiger partial charge is 0.441 e. The molecule has 2 rings (SSSR count). The summed E-state index contributed by atoms with van der Waals surface area (Å²) in [6.07, 6.45) is 0.796. The maximum absolute atomic E-state index is 5.88. The van der Waals surface area contributed by atoms with Crippen LogP contribution in [0.5, 0.6) is 0 Å². The molecule has 3 nitrogen and oxygen atoms in total. The van der Waals surface area contributed by atoms with E-state index in [1.807, 2.05) is 18.2 Å². The van der Waals surface area contributed by atoms with Gasteiger partial charge in [0.05, 0.1) is 0 Å². The summed E-state index contributed by atoms with van der Waals surface area (Å²) in [4.78, 5) is 4.38. The zero-order valence-electron chi connectivity index (χ0n) is 9.46. The SMILES string of the molecule is CC(C)NCCc1nc2cc(Cl)ccc2o1. The summed E-state index contributed by atoms with van der Waals surface area (Å²) in [6.45, 7) is 5.11. The Morgan fingerprint density at radius 1 is 1.44 bits per heavy atom. The van der Waals surface area contributed by atoms with Crippen molar-refractivity contribution in [3.63, 3.8) is 0 Å². The number of halogens is 1. The lowest BCUT2D eigenvalue weighted by atomic mass is 10.3. The molecule has 4 heteroatoms. The third-order valence-electron chi connectivity index (χ3n) is 2.29. The van der Waals surface area contributed by atoms with E-state index in [4.69, 9.17) is 16.0 Å². The monoisotopic (exact) mass is 238 g/mol. The fourth-order valence-corrected chi connectivity index (χ4v) is 1.69. The van der Waals surface area contributed by atoms with Crippen LogP contribution in [0, 0.1) is 0 Å². The third kappa shape index (κ3) is 2.74. The molecule has 0 amide bonds. The van der Waals surface area contributed by atoms with Crippen molar-refractivity contribution in [2.24, 2.45) is 0 Å². The van der Waals surface area contributed by atoms with Crippen LogP contribution in [0.3, 0.4) is 0 Å². The molecule has 0 unspecified atom stereocenters. The van der Waals surface area contributed by atoms with E-state index in [0.29, 0.717) is 11.1 Å². The van der Waals surface area contributed by atoms with E-state index in [1.165, 1.54) is 0 Å². The molecule has 1 N–H and O–H groups in total. The molecule has 0 fully saturated rings. The first kappa shape index (κ1) is 11.4. The second kappa shape index (κ2) is 4.85. The molecule has 1 heterocycles. The average molecular weight is 239 g/mol. The Bertz CT molecular complexity index is 479. The molecule has 0 saturated heterocycles. The Kier molecular flexibility index (Phi) is 3.46. The van der Waals surface area contributed by atoms with Crippen LogP contribution in [0.25, 0.3) is 11.1 Å².